The smallest absolute Gasteiger partial charge is 0.240 e. The minimum Gasteiger partial charge on any atom is -0.240 e. The van der Waals surface area contributed by atoms with Crippen molar-refractivity contribution in [1.82, 2.24) is 9.29 Å². The van der Waals surface area contributed by atoms with Crippen molar-refractivity contribution >= 4 is 10.0 Å². The molecule has 2 rings (SSSR count). The second-order valence-corrected chi connectivity index (χ2v) is 7.16. The summed E-state index contributed by atoms with van der Waals surface area (Å²) in [5.41, 5.74) is -0.00514. The number of benzene rings is 1. The number of aromatic nitrogens is 1. The summed E-state index contributed by atoms with van der Waals surface area (Å²) in [6.45, 7) is 2.41. The molecule has 9 heteroatoms. The Morgan fingerprint density at radius 2 is 1.72 bits per heavy atom. The molecule has 0 amide bonds. The highest BCUT2D eigenvalue weighted by Crippen LogP contribution is 2.40. The summed E-state index contributed by atoms with van der Waals surface area (Å²) in [6.07, 6.45) is -4.88. The first-order chi connectivity index (χ1) is 11.6. The zero-order valence-electron chi connectivity index (χ0n) is 13.5. The van der Waals surface area contributed by atoms with E-state index in [9.17, 15) is 26.0 Å². The number of alkyl halides is 3. The van der Waals surface area contributed by atoms with E-state index in [0.29, 0.717) is 10.00 Å². The minimum absolute atomic E-state index is 0.321. The van der Waals surface area contributed by atoms with Crippen LogP contribution in [0.3, 0.4) is 0 Å². The van der Waals surface area contributed by atoms with Crippen LogP contribution in [0.1, 0.15) is 24.2 Å². The van der Waals surface area contributed by atoms with Crippen LogP contribution in [-0.2, 0) is 10.0 Å². The zero-order valence-corrected chi connectivity index (χ0v) is 14.3. The third kappa shape index (κ3) is 4.16. The van der Waals surface area contributed by atoms with E-state index in [1.165, 1.54) is 26.0 Å². The van der Waals surface area contributed by atoms with Crippen molar-refractivity contribution in [1.29, 1.82) is 0 Å². The first kappa shape index (κ1) is 19.3. The molecule has 0 saturated heterocycles. The maximum Gasteiger partial charge on any atom is 0.409 e. The van der Waals surface area contributed by atoms with Gasteiger partial charge in [-0.2, -0.15) is 17.5 Å². The van der Waals surface area contributed by atoms with Crippen LogP contribution in [0.25, 0.3) is 0 Å². The van der Waals surface area contributed by atoms with Gasteiger partial charge < -0.3 is 0 Å². The summed E-state index contributed by atoms with van der Waals surface area (Å²) in [4.78, 5) is 3.83. The van der Waals surface area contributed by atoms with Gasteiger partial charge in [-0.15, -0.1) is 0 Å². The highest BCUT2D eigenvalue weighted by Gasteiger charge is 2.49. The van der Waals surface area contributed by atoms with Crippen LogP contribution in [0.2, 0.25) is 0 Å². The summed E-state index contributed by atoms with van der Waals surface area (Å²) in [6, 6.07) is 5.22. The van der Waals surface area contributed by atoms with Crippen molar-refractivity contribution in [3.8, 4) is 0 Å². The van der Waals surface area contributed by atoms with E-state index < -0.39 is 39.6 Å². The van der Waals surface area contributed by atoms with Crippen LogP contribution in [0.5, 0.6) is 0 Å². The van der Waals surface area contributed by atoms with Crippen molar-refractivity contribution in [2.24, 2.45) is 0 Å². The highest BCUT2D eigenvalue weighted by molar-refractivity contribution is 7.89. The molecular weight excluding hydrogens is 360 g/mol. The van der Waals surface area contributed by atoms with E-state index in [1.807, 2.05) is 0 Å². The molecule has 1 aromatic heterocycles. The van der Waals surface area contributed by atoms with Crippen LogP contribution < -0.4 is 0 Å². The highest BCUT2D eigenvalue weighted by atomic mass is 32.2. The molecule has 0 saturated carbocycles. The number of aryl methyl sites for hydroxylation is 1. The number of hydrogen-bond acceptors (Lipinski definition) is 3. The molecule has 0 aliphatic rings. The topological polar surface area (TPSA) is 50.3 Å². The van der Waals surface area contributed by atoms with Crippen molar-refractivity contribution in [2.75, 3.05) is 6.54 Å². The molecule has 0 fully saturated rings. The predicted molar refractivity (Wildman–Crippen MR) is 83.7 cm³/mol. The van der Waals surface area contributed by atoms with Crippen LogP contribution in [0.15, 0.2) is 47.5 Å². The van der Waals surface area contributed by atoms with Gasteiger partial charge in [-0.05, 0) is 36.8 Å². The Labute approximate surface area is 143 Å². The van der Waals surface area contributed by atoms with Crippen LogP contribution >= 0.6 is 0 Å². The molecule has 0 bridgehead atoms. The number of nitrogens with zero attached hydrogens (tertiary/aromatic N) is 2. The maximum absolute atomic E-state index is 13.6. The monoisotopic (exact) mass is 376 g/mol. The van der Waals surface area contributed by atoms with E-state index in [0.717, 1.165) is 30.3 Å². The fraction of sp³-hybridized carbons (Fsp3) is 0.312. The van der Waals surface area contributed by atoms with Gasteiger partial charge in [0, 0.05) is 12.2 Å². The summed E-state index contributed by atoms with van der Waals surface area (Å²) >= 11 is 0. The summed E-state index contributed by atoms with van der Waals surface area (Å²) in [5.74, 6) is -0.712. The largest absolute Gasteiger partial charge is 0.409 e. The molecule has 0 aliphatic heterocycles. The number of pyridine rings is 1. The van der Waals surface area contributed by atoms with E-state index in [4.69, 9.17) is 0 Å². The molecule has 25 heavy (non-hydrogen) atoms. The Morgan fingerprint density at radius 1 is 1.12 bits per heavy atom. The lowest BCUT2D eigenvalue weighted by molar-refractivity contribution is -0.173. The molecule has 1 heterocycles. The second-order valence-electron chi connectivity index (χ2n) is 5.32. The van der Waals surface area contributed by atoms with Crippen molar-refractivity contribution < 1.29 is 26.0 Å². The Kier molecular flexibility index (Phi) is 5.48. The van der Waals surface area contributed by atoms with E-state index in [2.05, 4.69) is 4.98 Å². The van der Waals surface area contributed by atoms with Crippen molar-refractivity contribution in [3.63, 3.8) is 0 Å². The first-order valence-corrected chi connectivity index (χ1v) is 8.79. The molecule has 0 N–H and O–H groups in total. The lowest BCUT2D eigenvalue weighted by Crippen LogP contribution is -2.42. The molecule has 0 unspecified atom stereocenters. The van der Waals surface area contributed by atoms with Gasteiger partial charge in [-0.25, -0.2) is 17.8 Å². The quantitative estimate of drug-likeness (QED) is 0.745. The molecular formula is C16H16F4N2O2S. The van der Waals surface area contributed by atoms with Gasteiger partial charge >= 0.3 is 6.18 Å². The number of rotatable bonds is 5. The Hall–Kier alpha value is -2.00. The van der Waals surface area contributed by atoms with E-state index >= 15 is 0 Å². The average Bonchev–Trinajstić information content (AvgIpc) is 2.52. The second kappa shape index (κ2) is 7.09. The Morgan fingerprint density at radius 3 is 2.20 bits per heavy atom. The predicted octanol–water partition coefficient (Wildman–Crippen LogP) is 3.84. The van der Waals surface area contributed by atoms with Gasteiger partial charge in [0.15, 0.2) is 5.03 Å². The normalized spacial score (nSPS) is 13.9. The third-order valence-corrected chi connectivity index (χ3v) is 5.37. The first-order valence-electron chi connectivity index (χ1n) is 7.35. The van der Waals surface area contributed by atoms with E-state index in [-0.39, 0.29) is 5.56 Å². The average molecular weight is 376 g/mol. The summed E-state index contributed by atoms with van der Waals surface area (Å²) in [5, 5.41) is -0.467. The molecule has 1 atom stereocenters. The van der Waals surface area contributed by atoms with Crippen LogP contribution in [-0.4, -0.2) is 30.4 Å². The van der Waals surface area contributed by atoms with Crippen LogP contribution in [0, 0.1) is 12.7 Å². The molecule has 136 valence electrons. The van der Waals surface area contributed by atoms with Crippen molar-refractivity contribution in [3.05, 3.63) is 59.5 Å². The maximum atomic E-state index is 13.6. The Bertz CT molecular complexity index is 836. The summed E-state index contributed by atoms with van der Waals surface area (Å²) in [7, 11) is -4.51. The lowest BCUT2D eigenvalue weighted by Gasteiger charge is -2.31. The fourth-order valence-electron chi connectivity index (χ4n) is 2.44. The zero-order chi connectivity index (χ0) is 18.8. The number of sulfonamides is 1. The molecule has 0 spiro atoms. The summed E-state index contributed by atoms with van der Waals surface area (Å²) < 4.78 is 79.8. The molecule has 0 aliphatic carbocycles. The third-order valence-electron chi connectivity index (χ3n) is 3.53. The van der Waals surface area contributed by atoms with Gasteiger partial charge in [0.05, 0.1) is 0 Å². The van der Waals surface area contributed by atoms with Gasteiger partial charge in [0.2, 0.25) is 0 Å². The van der Waals surface area contributed by atoms with E-state index in [1.54, 1.807) is 0 Å². The van der Waals surface area contributed by atoms with Gasteiger partial charge in [-0.1, -0.05) is 25.1 Å². The van der Waals surface area contributed by atoms with Crippen molar-refractivity contribution in [2.45, 2.75) is 31.1 Å². The molecule has 1 aromatic carbocycles. The molecule has 0 radical (unpaired) electrons. The van der Waals surface area contributed by atoms with Crippen LogP contribution in [0.4, 0.5) is 17.6 Å². The minimum atomic E-state index is -4.88. The molecule has 4 nitrogen and oxygen atoms in total. The molecule has 2 aromatic rings. The fourth-order valence-corrected chi connectivity index (χ4v) is 4.05. The Balaban J connectivity index is 2.59. The standard InChI is InChI=1S/C16H16F4N2O2S/c1-3-22(25(23,24)14-6-4-5-11(2)21-14)15(16(18,19)20)12-7-9-13(17)10-8-12/h4-10,15H,3H2,1-2H3/t15-/m1/s1. The van der Waals surface area contributed by atoms with Gasteiger partial charge in [0.25, 0.3) is 10.0 Å². The number of hydrogen-bond donors (Lipinski definition) is 0. The number of halogens is 4. The van der Waals surface area contributed by atoms with Gasteiger partial charge in [-0.3, -0.25) is 0 Å². The SMILES string of the molecule is CCN([C@H](c1ccc(F)cc1)C(F)(F)F)S(=O)(=O)c1cccc(C)n1. The van der Waals surface area contributed by atoms with Gasteiger partial charge in [0.1, 0.15) is 11.9 Å². The lowest BCUT2D eigenvalue weighted by atomic mass is 10.1.